The molecule has 18 heavy (non-hydrogen) atoms. The third-order valence-electron chi connectivity index (χ3n) is 3.73. The van der Waals surface area contributed by atoms with Crippen molar-refractivity contribution in [1.29, 1.82) is 0 Å². The first-order chi connectivity index (χ1) is 8.56. The van der Waals surface area contributed by atoms with Gasteiger partial charge in [-0.05, 0) is 50.2 Å². The van der Waals surface area contributed by atoms with Crippen LogP contribution in [0.25, 0.3) is 0 Å². The Bertz CT molecular complexity index is 437. The van der Waals surface area contributed by atoms with E-state index in [1.165, 1.54) is 12.8 Å². The number of nitrogens with one attached hydrogen (secondary N) is 1. The minimum atomic E-state index is -0.305. The first kappa shape index (κ1) is 12.9. The maximum absolute atomic E-state index is 11.0. The maximum atomic E-state index is 11.0. The number of aryl methyl sites for hydroxylation is 1. The molecule has 0 radical (unpaired) electrons. The Morgan fingerprint density at radius 1 is 1.28 bits per heavy atom. The van der Waals surface area contributed by atoms with Crippen molar-refractivity contribution in [3.8, 4) is 0 Å². The number of nitrogens with zero attached hydrogens (tertiary/aromatic N) is 1. The van der Waals surface area contributed by atoms with E-state index in [4.69, 9.17) is 0 Å². The average molecular weight is 248 g/mol. The summed E-state index contributed by atoms with van der Waals surface area (Å²) in [5, 5.41) is 14.4. The third kappa shape index (κ3) is 3.00. The number of nitro benzene ring substituents is 1. The third-order valence-corrected chi connectivity index (χ3v) is 3.73. The van der Waals surface area contributed by atoms with Crippen LogP contribution in [0.1, 0.15) is 38.2 Å². The quantitative estimate of drug-likeness (QED) is 0.652. The molecule has 1 aromatic rings. The second-order valence-electron chi connectivity index (χ2n) is 5.38. The fraction of sp³-hybridized carbons (Fsp3) is 0.571. The van der Waals surface area contributed by atoms with E-state index in [1.54, 1.807) is 6.07 Å². The van der Waals surface area contributed by atoms with Crippen molar-refractivity contribution in [2.45, 2.75) is 45.6 Å². The van der Waals surface area contributed by atoms with Crippen molar-refractivity contribution in [2.75, 3.05) is 5.32 Å². The summed E-state index contributed by atoms with van der Waals surface area (Å²) in [5.74, 6) is 0.788. The van der Waals surface area contributed by atoms with E-state index in [0.29, 0.717) is 11.7 Å². The second-order valence-corrected chi connectivity index (χ2v) is 5.38. The van der Waals surface area contributed by atoms with Crippen molar-refractivity contribution in [3.05, 3.63) is 33.9 Å². The Labute approximate surface area is 108 Å². The van der Waals surface area contributed by atoms with Crippen LogP contribution in [0.2, 0.25) is 0 Å². The van der Waals surface area contributed by atoms with Crippen LogP contribution in [0.5, 0.6) is 0 Å². The molecule has 0 saturated heterocycles. The van der Waals surface area contributed by atoms with Crippen LogP contribution in [0.4, 0.5) is 11.4 Å². The highest BCUT2D eigenvalue weighted by Crippen LogP contribution is 2.30. The number of anilines is 1. The summed E-state index contributed by atoms with van der Waals surface area (Å²) in [6, 6.07) is 5.75. The topological polar surface area (TPSA) is 55.2 Å². The summed E-state index contributed by atoms with van der Waals surface area (Å²) < 4.78 is 0. The highest BCUT2D eigenvalue weighted by molar-refractivity contribution is 5.63. The molecule has 0 amide bonds. The van der Waals surface area contributed by atoms with Crippen molar-refractivity contribution >= 4 is 11.4 Å². The summed E-state index contributed by atoms with van der Waals surface area (Å²) >= 11 is 0. The van der Waals surface area contributed by atoms with Gasteiger partial charge in [-0.15, -0.1) is 0 Å². The molecule has 2 rings (SSSR count). The largest absolute Gasteiger partial charge is 0.377 e. The predicted octanol–water partition coefficient (Wildman–Crippen LogP) is 3.89. The molecule has 1 aliphatic rings. The molecule has 98 valence electrons. The fourth-order valence-corrected chi connectivity index (χ4v) is 2.54. The molecule has 1 fully saturated rings. The van der Waals surface area contributed by atoms with Gasteiger partial charge in [0.15, 0.2) is 0 Å². The normalized spacial score (nSPS) is 23.7. The summed E-state index contributed by atoms with van der Waals surface area (Å²) in [4.78, 5) is 10.7. The molecule has 0 spiro atoms. The zero-order chi connectivity index (χ0) is 13.1. The van der Waals surface area contributed by atoms with Gasteiger partial charge in [-0.25, -0.2) is 0 Å². The molecule has 1 aliphatic carbocycles. The Balaban J connectivity index is 2.11. The molecule has 1 saturated carbocycles. The van der Waals surface area contributed by atoms with Crippen LogP contribution >= 0.6 is 0 Å². The zero-order valence-corrected chi connectivity index (χ0v) is 11.0. The smallest absolute Gasteiger partial charge is 0.292 e. The van der Waals surface area contributed by atoms with Crippen LogP contribution in [-0.2, 0) is 0 Å². The van der Waals surface area contributed by atoms with Crippen molar-refractivity contribution in [1.82, 2.24) is 0 Å². The summed E-state index contributed by atoms with van der Waals surface area (Å²) in [6.45, 7) is 4.14. The van der Waals surface area contributed by atoms with E-state index in [-0.39, 0.29) is 10.6 Å². The van der Waals surface area contributed by atoms with E-state index in [0.717, 1.165) is 24.3 Å². The van der Waals surface area contributed by atoms with Gasteiger partial charge in [0, 0.05) is 12.1 Å². The Hall–Kier alpha value is -1.58. The molecule has 0 aromatic heterocycles. The zero-order valence-electron chi connectivity index (χ0n) is 11.0. The lowest BCUT2D eigenvalue weighted by atomic mass is 9.87. The van der Waals surface area contributed by atoms with Gasteiger partial charge < -0.3 is 5.32 Å². The minimum absolute atomic E-state index is 0.189. The first-order valence-corrected chi connectivity index (χ1v) is 6.58. The Morgan fingerprint density at radius 2 is 1.94 bits per heavy atom. The lowest BCUT2D eigenvalue weighted by molar-refractivity contribution is -0.384. The number of hydrogen-bond donors (Lipinski definition) is 1. The number of rotatable bonds is 3. The lowest BCUT2D eigenvalue weighted by Gasteiger charge is -2.27. The Morgan fingerprint density at radius 3 is 2.56 bits per heavy atom. The highest BCUT2D eigenvalue weighted by Gasteiger charge is 2.21. The van der Waals surface area contributed by atoms with Gasteiger partial charge in [-0.2, -0.15) is 0 Å². The summed E-state index contributed by atoms with van der Waals surface area (Å²) in [5.41, 5.74) is 1.77. The minimum Gasteiger partial charge on any atom is -0.377 e. The fourth-order valence-electron chi connectivity index (χ4n) is 2.54. The van der Waals surface area contributed by atoms with Gasteiger partial charge in [0.2, 0.25) is 0 Å². The lowest BCUT2D eigenvalue weighted by Crippen LogP contribution is -2.25. The molecule has 1 N–H and O–H groups in total. The van der Waals surface area contributed by atoms with E-state index < -0.39 is 0 Å². The van der Waals surface area contributed by atoms with Crippen molar-refractivity contribution < 1.29 is 4.92 Å². The van der Waals surface area contributed by atoms with Crippen LogP contribution < -0.4 is 5.32 Å². The second kappa shape index (κ2) is 5.38. The van der Waals surface area contributed by atoms with Gasteiger partial charge in [-0.1, -0.05) is 13.0 Å². The van der Waals surface area contributed by atoms with Crippen LogP contribution in [0.3, 0.4) is 0 Å². The first-order valence-electron chi connectivity index (χ1n) is 6.58. The monoisotopic (exact) mass is 248 g/mol. The molecular formula is C14H20N2O2. The standard InChI is InChI=1S/C14H20N2O2/c1-10-3-6-12(7-4-10)15-13-8-5-11(2)9-14(13)16(17)18/h5,8-10,12,15H,3-4,6-7H2,1-2H3. The van der Waals surface area contributed by atoms with Gasteiger partial charge in [0.25, 0.3) is 5.69 Å². The molecule has 1 aromatic carbocycles. The number of hydrogen-bond acceptors (Lipinski definition) is 3. The SMILES string of the molecule is Cc1ccc(NC2CCC(C)CC2)c([N+](=O)[O-])c1. The molecule has 0 heterocycles. The average Bonchev–Trinajstić information content (AvgIpc) is 2.34. The van der Waals surface area contributed by atoms with E-state index >= 15 is 0 Å². The Kier molecular flexibility index (Phi) is 3.84. The number of nitro groups is 1. The molecule has 0 unspecified atom stereocenters. The molecular weight excluding hydrogens is 228 g/mol. The van der Waals surface area contributed by atoms with Gasteiger partial charge in [0.05, 0.1) is 4.92 Å². The molecule has 4 heteroatoms. The van der Waals surface area contributed by atoms with Crippen LogP contribution in [-0.4, -0.2) is 11.0 Å². The molecule has 4 nitrogen and oxygen atoms in total. The van der Waals surface area contributed by atoms with E-state index in [2.05, 4.69) is 12.2 Å². The van der Waals surface area contributed by atoms with Crippen LogP contribution in [0.15, 0.2) is 18.2 Å². The molecule has 0 bridgehead atoms. The van der Waals surface area contributed by atoms with Crippen molar-refractivity contribution in [3.63, 3.8) is 0 Å². The summed E-state index contributed by atoms with van der Waals surface area (Å²) in [6.07, 6.45) is 4.62. The van der Waals surface area contributed by atoms with E-state index in [1.807, 2.05) is 19.1 Å². The summed E-state index contributed by atoms with van der Waals surface area (Å²) in [7, 11) is 0. The van der Waals surface area contributed by atoms with Gasteiger partial charge in [0.1, 0.15) is 5.69 Å². The molecule has 0 aliphatic heterocycles. The molecule has 0 atom stereocenters. The predicted molar refractivity (Wildman–Crippen MR) is 72.9 cm³/mol. The number of benzene rings is 1. The maximum Gasteiger partial charge on any atom is 0.292 e. The highest BCUT2D eigenvalue weighted by atomic mass is 16.6. The van der Waals surface area contributed by atoms with Crippen molar-refractivity contribution in [2.24, 2.45) is 5.92 Å². The van der Waals surface area contributed by atoms with Gasteiger partial charge in [-0.3, -0.25) is 10.1 Å². The van der Waals surface area contributed by atoms with E-state index in [9.17, 15) is 10.1 Å². The van der Waals surface area contributed by atoms with Gasteiger partial charge >= 0.3 is 0 Å². The van der Waals surface area contributed by atoms with Crippen LogP contribution in [0, 0.1) is 23.0 Å².